The molecule has 2 rings (SSSR count). The minimum absolute atomic E-state index is 0.247. The molecule has 1 heterocycles. The first kappa shape index (κ1) is 14.7. The van der Waals surface area contributed by atoms with Crippen LogP contribution in [-0.4, -0.2) is 35.8 Å². The van der Waals surface area contributed by atoms with Crippen LogP contribution in [0.1, 0.15) is 29.6 Å². The summed E-state index contributed by atoms with van der Waals surface area (Å²) in [6.45, 7) is 0.302. The number of carboxylic acids is 1. The molecule has 7 nitrogen and oxygen atoms in total. The molecule has 1 atom stereocenters. The molecule has 0 amide bonds. The zero-order valence-electron chi connectivity index (χ0n) is 11.1. The number of nitrogens with one attached hydrogen (secondary N) is 1. The summed E-state index contributed by atoms with van der Waals surface area (Å²) in [5.74, 6) is -1.06. The number of carbonyl (C=O) groups is 1. The van der Waals surface area contributed by atoms with E-state index in [2.05, 4.69) is 15.9 Å². The number of hydrogen-bond acceptors (Lipinski definition) is 4. The number of aryl methyl sites for hydroxylation is 1. The van der Waals surface area contributed by atoms with Gasteiger partial charge in [0.25, 0.3) is 10.0 Å². The Hall–Kier alpha value is -1.67. The second-order valence-electron chi connectivity index (χ2n) is 4.79. The van der Waals surface area contributed by atoms with Crippen molar-refractivity contribution in [3.05, 3.63) is 23.9 Å². The van der Waals surface area contributed by atoms with Gasteiger partial charge < -0.3 is 5.11 Å². The van der Waals surface area contributed by atoms with Crippen LogP contribution in [0.2, 0.25) is 0 Å². The van der Waals surface area contributed by atoms with Gasteiger partial charge in [0.15, 0.2) is 5.03 Å². The van der Waals surface area contributed by atoms with E-state index < -0.39 is 16.0 Å². The number of sulfonamides is 1. The van der Waals surface area contributed by atoms with Crippen LogP contribution in [0.3, 0.4) is 0 Å². The first-order valence-corrected chi connectivity index (χ1v) is 7.80. The summed E-state index contributed by atoms with van der Waals surface area (Å²) in [6.07, 6.45) is 7.86. The van der Waals surface area contributed by atoms with Crippen molar-refractivity contribution in [1.82, 2.24) is 14.5 Å². The Morgan fingerprint density at radius 1 is 1.55 bits per heavy atom. The second kappa shape index (κ2) is 5.76. The van der Waals surface area contributed by atoms with E-state index in [4.69, 9.17) is 5.11 Å². The van der Waals surface area contributed by atoms with Gasteiger partial charge in [-0.2, -0.15) is 5.10 Å². The Bertz CT molecular complexity index is 633. The van der Waals surface area contributed by atoms with E-state index in [9.17, 15) is 13.2 Å². The number of nitrogens with zero attached hydrogens (tertiary/aromatic N) is 2. The maximum atomic E-state index is 12.2. The van der Waals surface area contributed by atoms with Gasteiger partial charge in [-0.3, -0.25) is 4.68 Å². The Morgan fingerprint density at radius 3 is 2.90 bits per heavy atom. The molecule has 0 fully saturated rings. The Balaban J connectivity index is 2.16. The molecule has 0 radical (unpaired) electrons. The zero-order chi connectivity index (χ0) is 14.8. The smallest absolute Gasteiger partial charge is 0.340 e. The van der Waals surface area contributed by atoms with Gasteiger partial charge in [0.05, 0.1) is 6.20 Å². The third-order valence-corrected chi connectivity index (χ3v) is 4.85. The highest BCUT2D eigenvalue weighted by atomic mass is 32.2. The molecule has 1 aromatic rings. The van der Waals surface area contributed by atoms with E-state index in [1.807, 2.05) is 6.08 Å². The fourth-order valence-electron chi connectivity index (χ4n) is 2.23. The largest absolute Gasteiger partial charge is 0.478 e. The van der Waals surface area contributed by atoms with E-state index in [1.165, 1.54) is 7.05 Å². The van der Waals surface area contributed by atoms with Crippen molar-refractivity contribution < 1.29 is 18.3 Å². The number of hydrogen-bond donors (Lipinski definition) is 2. The Morgan fingerprint density at radius 2 is 2.30 bits per heavy atom. The lowest BCUT2D eigenvalue weighted by Crippen LogP contribution is -2.32. The minimum Gasteiger partial charge on any atom is -0.478 e. The van der Waals surface area contributed by atoms with E-state index in [1.54, 1.807) is 0 Å². The van der Waals surface area contributed by atoms with Gasteiger partial charge in [0, 0.05) is 13.6 Å². The van der Waals surface area contributed by atoms with Crippen LogP contribution in [0.4, 0.5) is 0 Å². The molecule has 0 aromatic carbocycles. The van der Waals surface area contributed by atoms with Crippen molar-refractivity contribution in [3.63, 3.8) is 0 Å². The van der Waals surface area contributed by atoms with Crippen LogP contribution in [0.25, 0.3) is 0 Å². The summed E-state index contributed by atoms with van der Waals surface area (Å²) < 4.78 is 28.0. The molecule has 1 aliphatic carbocycles. The van der Waals surface area contributed by atoms with Crippen LogP contribution >= 0.6 is 0 Å². The molecule has 0 saturated heterocycles. The second-order valence-corrected chi connectivity index (χ2v) is 6.48. The monoisotopic (exact) mass is 299 g/mol. The van der Waals surface area contributed by atoms with E-state index in [0.717, 1.165) is 30.1 Å². The predicted molar refractivity (Wildman–Crippen MR) is 71.8 cm³/mol. The van der Waals surface area contributed by atoms with Gasteiger partial charge >= 0.3 is 5.97 Å². The van der Waals surface area contributed by atoms with E-state index >= 15 is 0 Å². The van der Waals surface area contributed by atoms with E-state index in [-0.39, 0.29) is 16.5 Å². The predicted octanol–water partition coefficient (Wildman–Crippen LogP) is 0.753. The van der Waals surface area contributed by atoms with Crippen LogP contribution in [0.5, 0.6) is 0 Å². The van der Waals surface area contributed by atoms with Crippen molar-refractivity contribution in [2.75, 3.05) is 6.54 Å². The number of aromatic nitrogens is 2. The molecular formula is C12H17N3O4S. The lowest BCUT2D eigenvalue weighted by atomic mass is 9.95. The highest BCUT2D eigenvalue weighted by Gasteiger charge is 2.27. The lowest BCUT2D eigenvalue weighted by Gasteiger charge is -2.18. The highest BCUT2D eigenvalue weighted by molar-refractivity contribution is 7.89. The molecule has 0 aliphatic heterocycles. The molecule has 1 unspecified atom stereocenters. The number of aromatic carboxylic acids is 1. The van der Waals surface area contributed by atoms with Crippen molar-refractivity contribution in [2.45, 2.75) is 24.3 Å². The van der Waals surface area contributed by atoms with Crippen molar-refractivity contribution >= 4 is 16.0 Å². The topological polar surface area (TPSA) is 101 Å². The van der Waals surface area contributed by atoms with Crippen LogP contribution < -0.4 is 4.72 Å². The average molecular weight is 299 g/mol. The SMILES string of the molecule is Cn1ncc(C(=O)O)c1S(=O)(=O)NCC1CC=CCC1. The molecule has 0 spiro atoms. The van der Waals surface area contributed by atoms with E-state index in [0.29, 0.717) is 6.54 Å². The molecule has 0 saturated carbocycles. The Kier molecular flexibility index (Phi) is 4.24. The van der Waals surface area contributed by atoms with Crippen LogP contribution in [0.15, 0.2) is 23.4 Å². The number of rotatable bonds is 5. The quantitative estimate of drug-likeness (QED) is 0.781. The number of carboxylic acid groups (broad SMARTS) is 1. The average Bonchev–Trinajstić information content (AvgIpc) is 2.81. The molecule has 20 heavy (non-hydrogen) atoms. The molecule has 8 heteroatoms. The Labute approximate surface area is 117 Å². The fraction of sp³-hybridized carbons (Fsp3) is 0.500. The fourth-order valence-corrected chi connectivity index (χ4v) is 3.65. The summed E-state index contributed by atoms with van der Waals surface area (Å²) in [5, 5.41) is 12.4. The van der Waals surface area contributed by atoms with Crippen molar-refractivity contribution in [1.29, 1.82) is 0 Å². The summed E-state index contributed by atoms with van der Waals surface area (Å²) in [7, 11) is -2.47. The van der Waals surface area contributed by atoms with Gasteiger partial charge in [-0.15, -0.1) is 0 Å². The van der Waals surface area contributed by atoms with Crippen LogP contribution in [-0.2, 0) is 17.1 Å². The first-order valence-electron chi connectivity index (χ1n) is 6.32. The standard InChI is InChI=1S/C12H17N3O4S/c1-15-11(10(8-13-15)12(16)17)20(18,19)14-7-9-5-3-2-4-6-9/h2-3,8-9,14H,4-7H2,1H3,(H,16,17). The van der Waals surface area contributed by atoms with Gasteiger partial charge in [-0.1, -0.05) is 12.2 Å². The maximum Gasteiger partial charge on any atom is 0.340 e. The molecule has 0 bridgehead atoms. The summed E-state index contributed by atoms with van der Waals surface area (Å²) in [5.41, 5.74) is -0.316. The normalized spacial score (nSPS) is 19.1. The van der Waals surface area contributed by atoms with Gasteiger partial charge in [0.2, 0.25) is 0 Å². The lowest BCUT2D eigenvalue weighted by molar-refractivity contribution is 0.0692. The number of allylic oxidation sites excluding steroid dienone is 2. The summed E-state index contributed by atoms with van der Waals surface area (Å²) in [6, 6.07) is 0. The molecule has 2 N–H and O–H groups in total. The first-order chi connectivity index (χ1) is 9.42. The van der Waals surface area contributed by atoms with Crippen LogP contribution in [0, 0.1) is 5.92 Å². The van der Waals surface area contributed by atoms with Gasteiger partial charge in [-0.25, -0.2) is 17.9 Å². The van der Waals surface area contributed by atoms with Crippen molar-refractivity contribution in [3.8, 4) is 0 Å². The minimum atomic E-state index is -3.88. The van der Waals surface area contributed by atoms with Crippen molar-refractivity contribution in [2.24, 2.45) is 13.0 Å². The molecule has 110 valence electrons. The van der Waals surface area contributed by atoms with Gasteiger partial charge in [0.1, 0.15) is 5.56 Å². The summed E-state index contributed by atoms with van der Waals surface area (Å²) >= 11 is 0. The third kappa shape index (κ3) is 3.07. The third-order valence-electron chi connectivity index (χ3n) is 3.31. The molecule has 1 aliphatic rings. The highest BCUT2D eigenvalue weighted by Crippen LogP contribution is 2.19. The molecule has 1 aromatic heterocycles. The van der Waals surface area contributed by atoms with Gasteiger partial charge in [-0.05, 0) is 25.2 Å². The maximum absolute atomic E-state index is 12.2. The summed E-state index contributed by atoms with van der Waals surface area (Å²) in [4.78, 5) is 11.0. The molecular weight excluding hydrogens is 282 g/mol. The zero-order valence-corrected chi connectivity index (χ0v) is 11.9.